The number of aliphatic hydroxyl groups excluding tert-OH is 1. The maximum absolute atomic E-state index is 11.6. The van der Waals surface area contributed by atoms with Gasteiger partial charge in [0, 0.05) is 5.41 Å². The Hall–Kier alpha value is -0.910. The smallest absolute Gasteiger partial charge is 0.294 e. The van der Waals surface area contributed by atoms with Crippen LogP contribution in [0.15, 0.2) is 23.1 Å². The fraction of sp³-hybridized carbons (Fsp3) is 0.600. The highest BCUT2D eigenvalue weighted by Gasteiger charge is 2.36. The van der Waals surface area contributed by atoms with Crippen LogP contribution in [-0.2, 0) is 15.5 Å². The Balaban J connectivity index is 2.61. The first-order valence-electron chi connectivity index (χ1n) is 7.08. The lowest BCUT2D eigenvalue weighted by atomic mass is 9.74. The molecule has 0 heterocycles. The highest BCUT2D eigenvalue weighted by Crippen LogP contribution is 2.41. The summed E-state index contributed by atoms with van der Waals surface area (Å²) in [6.45, 7) is 1.80. The number of hydrogen-bond donors (Lipinski definition) is 2. The molecule has 5 heteroatoms. The summed E-state index contributed by atoms with van der Waals surface area (Å²) in [7, 11) is -4.27. The summed E-state index contributed by atoms with van der Waals surface area (Å²) in [4.78, 5) is -0.0564. The van der Waals surface area contributed by atoms with Gasteiger partial charge in [-0.25, -0.2) is 0 Å². The number of aliphatic hydroxyl groups is 1. The molecule has 0 amide bonds. The monoisotopic (exact) mass is 298 g/mol. The lowest BCUT2D eigenvalue weighted by molar-refractivity contribution is 0.173. The summed E-state index contributed by atoms with van der Waals surface area (Å²) in [6.07, 6.45) is 5.67. The van der Waals surface area contributed by atoms with Crippen molar-refractivity contribution < 1.29 is 18.1 Å². The summed E-state index contributed by atoms with van der Waals surface area (Å²) in [5.41, 5.74) is 0.960. The van der Waals surface area contributed by atoms with Gasteiger partial charge in [-0.1, -0.05) is 43.4 Å². The fourth-order valence-electron chi connectivity index (χ4n) is 3.20. The summed E-state index contributed by atoms with van der Waals surface area (Å²) < 4.78 is 32.7. The summed E-state index contributed by atoms with van der Waals surface area (Å²) in [5.74, 6) is 0. The molecule has 112 valence electrons. The van der Waals surface area contributed by atoms with Crippen molar-refractivity contribution in [3.05, 3.63) is 29.3 Å². The van der Waals surface area contributed by atoms with Crippen LogP contribution in [0.5, 0.6) is 0 Å². The third kappa shape index (κ3) is 3.05. The highest BCUT2D eigenvalue weighted by molar-refractivity contribution is 7.85. The van der Waals surface area contributed by atoms with E-state index >= 15 is 0 Å². The normalized spacial score (nSPS) is 19.6. The molecule has 1 aliphatic rings. The third-order valence-electron chi connectivity index (χ3n) is 4.35. The lowest BCUT2D eigenvalue weighted by Gasteiger charge is -2.33. The quantitative estimate of drug-likeness (QED) is 0.664. The zero-order valence-electron chi connectivity index (χ0n) is 11.8. The van der Waals surface area contributed by atoms with Crippen LogP contribution in [0.4, 0.5) is 0 Å². The van der Waals surface area contributed by atoms with E-state index in [0.29, 0.717) is 5.56 Å². The molecule has 1 fully saturated rings. The first-order chi connectivity index (χ1) is 9.39. The van der Waals surface area contributed by atoms with Crippen molar-refractivity contribution in [2.24, 2.45) is 0 Å². The van der Waals surface area contributed by atoms with Crippen LogP contribution in [-0.4, -0.2) is 24.7 Å². The number of hydrogen-bond acceptors (Lipinski definition) is 3. The van der Waals surface area contributed by atoms with Gasteiger partial charge in [-0.15, -0.1) is 0 Å². The Morgan fingerprint density at radius 1 is 1.15 bits per heavy atom. The number of benzene rings is 1. The van der Waals surface area contributed by atoms with E-state index in [2.05, 4.69) is 0 Å². The van der Waals surface area contributed by atoms with Gasteiger partial charge < -0.3 is 5.11 Å². The van der Waals surface area contributed by atoms with Crippen molar-refractivity contribution in [3.63, 3.8) is 0 Å². The second-order valence-electron chi connectivity index (χ2n) is 5.83. The molecule has 1 aliphatic carbocycles. The second kappa shape index (κ2) is 5.84. The zero-order chi connectivity index (χ0) is 14.8. The molecule has 1 aromatic carbocycles. The molecule has 0 atom stereocenters. The molecular weight excluding hydrogens is 276 g/mol. The molecule has 1 aromatic rings. The van der Waals surface area contributed by atoms with Crippen LogP contribution >= 0.6 is 0 Å². The van der Waals surface area contributed by atoms with Crippen LogP contribution in [0.1, 0.15) is 49.7 Å². The van der Waals surface area contributed by atoms with Gasteiger partial charge in [0.25, 0.3) is 10.1 Å². The molecule has 0 spiro atoms. The molecular formula is C15H22O4S. The van der Waals surface area contributed by atoms with E-state index in [9.17, 15) is 18.1 Å². The Kier molecular flexibility index (Phi) is 4.52. The first-order valence-corrected chi connectivity index (χ1v) is 8.53. The Morgan fingerprint density at radius 3 is 2.25 bits per heavy atom. The fourth-order valence-corrected chi connectivity index (χ4v) is 3.99. The zero-order valence-corrected chi connectivity index (χ0v) is 12.6. The van der Waals surface area contributed by atoms with Crippen molar-refractivity contribution in [1.82, 2.24) is 0 Å². The van der Waals surface area contributed by atoms with Crippen LogP contribution in [0.2, 0.25) is 0 Å². The van der Waals surface area contributed by atoms with Crippen LogP contribution in [0.3, 0.4) is 0 Å². The van der Waals surface area contributed by atoms with E-state index in [-0.39, 0.29) is 11.5 Å². The van der Waals surface area contributed by atoms with Gasteiger partial charge in [-0.2, -0.15) is 8.42 Å². The Labute approximate surface area is 120 Å². The van der Waals surface area contributed by atoms with Crippen molar-refractivity contribution in [3.8, 4) is 0 Å². The largest absolute Gasteiger partial charge is 0.395 e. The average molecular weight is 298 g/mol. The van der Waals surface area contributed by atoms with Crippen LogP contribution in [0.25, 0.3) is 0 Å². The lowest BCUT2D eigenvalue weighted by Crippen LogP contribution is -2.32. The predicted molar refractivity (Wildman–Crippen MR) is 77.5 cm³/mol. The SMILES string of the molecule is Cc1ccc(S(=O)(=O)O)c(C2(CO)CCCCCC2)c1. The van der Waals surface area contributed by atoms with Gasteiger partial charge in [-0.05, 0) is 31.4 Å². The third-order valence-corrected chi connectivity index (χ3v) is 5.26. The van der Waals surface area contributed by atoms with Crippen molar-refractivity contribution in [1.29, 1.82) is 0 Å². The minimum absolute atomic E-state index is 0.0564. The molecule has 0 aliphatic heterocycles. The van der Waals surface area contributed by atoms with Gasteiger partial charge in [-0.3, -0.25) is 4.55 Å². The highest BCUT2D eigenvalue weighted by atomic mass is 32.2. The number of rotatable bonds is 3. The molecule has 0 saturated heterocycles. The number of aryl methyl sites for hydroxylation is 1. The molecule has 0 unspecified atom stereocenters. The van der Waals surface area contributed by atoms with E-state index in [1.54, 1.807) is 12.1 Å². The molecule has 0 radical (unpaired) electrons. The minimum atomic E-state index is -4.27. The summed E-state index contributed by atoms with van der Waals surface area (Å²) in [6, 6.07) is 4.92. The van der Waals surface area contributed by atoms with Gasteiger partial charge in [0.15, 0.2) is 0 Å². The van der Waals surface area contributed by atoms with Crippen LogP contribution in [0, 0.1) is 6.92 Å². The summed E-state index contributed by atoms with van der Waals surface area (Å²) in [5, 5.41) is 9.92. The average Bonchev–Trinajstić information content (AvgIpc) is 2.63. The van der Waals surface area contributed by atoms with Crippen molar-refractivity contribution in [2.75, 3.05) is 6.61 Å². The van der Waals surface area contributed by atoms with Gasteiger partial charge in [0.05, 0.1) is 11.5 Å². The maximum atomic E-state index is 11.6. The van der Waals surface area contributed by atoms with Gasteiger partial charge in [0.2, 0.25) is 0 Å². The second-order valence-corrected chi connectivity index (χ2v) is 7.22. The van der Waals surface area contributed by atoms with Crippen molar-refractivity contribution >= 4 is 10.1 Å². The molecule has 0 bridgehead atoms. The van der Waals surface area contributed by atoms with Gasteiger partial charge >= 0.3 is 0 Å². The van der Waals surface area contributed by atoms with E-state index < -0.39 is 15.5 Å². The van der Waals surface area contributed by atoms with Gasteiger partial charge in [0.1, 0.15) is 0 Å². The predicted octanol–water partition coefficient (Wildman–Crippen LogP) is 2.83. The maximum Gasteiger partial charge on any atom is 0.294 e. The molecule has 20 heavy (non-hydrogen) atoms. The Bertz CT molecular complexity index is 570. The minimum Gasteiger partial charge on any atom is -0.395 e. The van der Waals surface area contributed by atoms with Crippen molar-refractivity contribution in [2.45, 2.75) is 55.8 Å². The van der Waals surface area contributed by atoms with Crippen LogP contribution < -0.4 is 0 Å². The standard InChI is InChI=1S/C15H22O4S/c1-12-6-7-14(20(17,18)19)13(10-12)15(11-16)8-4-2-3-5-9-15/h6-7,10,16H,2-5,8-9,11H2,1H3,(H,17,18,19). The van der Waals surface area contributed by atoms with E-state index in [4.69, 9.17) is 0 Å². The summed E-state index contributed by atoms with van der Waals surface area (Å²) >= 11 is 0. The molecule has 2 rings (SSSR count). The first kappa shape index (κ1) is 15.5. The molecule has 4 nitrogen and oxygen atoms in total. The molecule has 1 saturated carbocycles. The Morgan fingerprint density at radius 2 is 1.75 bits per heavy atom. The topological polar surface area (TPSA) is 74.6 Å². The van der Waals surface area contributed by atoms with E-state index in [1.165, 1.54) is 6.07 Å². The molecule has 2 N–H and O–H groups in total. The van der Waals surface area contributed by atoms with E-state index in [1.807, 2.05) is 6.92 Å². The van der Waals surface area contributed by atoms with E-state index in [0.717, 1.165) is 44.1 Å². The molecule has 0 aromatic heterocycles.